The van der Waals surface area contributed by atoms with Crippen molar-refractivity contribution in [2.75, 3.05) is 7.11 Å². The molecule has 0 saturated carbocycles. The van der Waals surface area contributed by atoms with Crippen molar-refractivity contribution in [3.63, 3.8) is 0 Å². The Labute approximate surface area is 146 Å². The van der Waals surface area contributed by atoms with Crippen LogP contribution in [-0.2, 0) is 0 Å². The normalized spacial score (nSPS) is 10.5. The minimum atomic E-state index is -0.484. The van der Waals surface area contributed by atoms with Crippen LogP contribution in [0.15, 0.2) is 78.9 Å². The molecule has 1 N–H and O–H groups in total. The Morgan fingerprint density at radius 3 is 2.00 bits per heavy atom. The molecular weight excluding hydrogens is 317 g/mol. The molecule has 0 aliphatic rings. The lowest BCUT2D eigenvalue weighted by molar-refractivity contribution is 0.0939. The molecule has 126 valence electrons. The Hall–Kier alpha value is -3.14. The molecule has 0 heterocycles. The van der Waals surface area contributed by atoms with Gasteiger partial charge in [0.25, 0.3) is 5.91 Å². The number of rotatable bonds is 5. The van der Waals surface area contributed by atoms with Crippen molar-refractivity contribution in [2.45, 2.75) is 6.04 Å². The lowest BCUT2D eigenvalue weighted by Crippen LogP contribution is -2.29. The Bertz CT molecular complexity index is 811. The van der Waals surface area contributed by atoms with E-state index >= 15 is 0 Å². The first-order chi connectivity index (χ1) is 12.2. The predicted octanol–water partition coefficient (Wildman–Crippen LogP) is 4.35. The van der Waals surface area contributed by atoms with E-state index in [0.29, 0.717) is 5.75 Å². The fraction of sp³-hybridized carbons (Fsp3) is 0.0952. The molecule has 3 aromatic carbocycles. The number of hydrogen-bond acceptors (Lipinski definition) is 2. The zero-order chi connectivity index (χ0) is 17.6. The van der Waals surface area contributed by atoms with E-state index in [1.807, 2.05) is 60.7 Å². The molecular formula is C21H18FNO2. The molecule has 0 bridgehead atoms. The number of amides is 1. The van der Waals surface area contributed by atoms with Gasteiger partial charge >= 0.3 is 0 Å². The lowest BCUT2D eigenvalue weighted by atomic mass is 9.98. The van der Waals surface area contributed by atoms with E-state index in [1.165, 1.54) is 25.3 Å². The van der Waals surface area contributed by atoms with E-state index < -0.39 is 11.7 Å². The van der Waals surface area contributed by atoms with Gasteiger partial charge in [0, 0.05) is 0 Å². The van der Waals surface area contributed by atoms with E-state index in [9.17, 15) is 9.18 Å². The second kappa shape index (κ2) is 7.62. The number of carbonyl (C=O) groups excluding carboxylic acids is 1. The summed E-state index contributed by atoms with van der Waals surface area (Å²) in [5.74, 6) is -0.547. The molecule has 3 rings (SSSR count). The third kappa shape index (κ3) is 3.86. The second-order valence-electron chi connectivity index (χ2n) is 5.57. The molecule has 0 saturated heterocycles. The molecule has 3 aromatic rings. The number of nitrogens with one attached hydrogen (secondary N) is 1. The van der Waals surface area contributed by atoms with Gasteiger partial charge in [-0.1, -0.05) is 60.7 Å². The van der Waals surface area contributed by atoms with Gasteiger partial charge in [-0.3, -0.25) is 4.79 Å². The quantitative estimate of drug-likeness (QED) is 0.752. The summed E-state index contributed by atoms with van der Waals surface area (Å²) in [5, 5.41) is 2.98. The highest BCUT2D eigenvalue weighted by Gasteiger charge is 2.20. The van der Waals surface area contributed by atoms with Gasteiger partial charge in [-0.15, -0.1) is 0 Å². The molecule has 0 aromatic heterocycles. The van der Waals surface area contributed by atoms with Crippen molar-refractivity contribution in [3.8, 4) is 5.75 Å². The van der Waals surface area contributed by atoms with Gasteiger partial charge in [0.1, 0.15) is 11.6 Å². The summed E-state index contributed by atoms with van der Waals surface area (Å²) in [7, 11) is 1.45. The fourth-order valence-corrected chi connectivity index (χ4v) is 2.72. The molecule has 0 radical (unpaired) electrons. The first-order valence-corrected chi connectivity index (χ1v) is 7.93. The summed E-state index contributed by atoms with van der Waals surface area (Å²) >= 11 is 0. The minimum absolute atomic E-state index is 0.166. The average Bonchev–Trinajstić information content (AvgIpc) is 2.67. The maximum absolute atomic E-state index is 13.6. The van der Waals surface area contributed by atoms with Gasteiger partial charge in [-0.2, -0.15) is 0 Å². The van der Waals surface area contributed by atoms with Crippen molar-refractivity contribution in [3.05, 3.63) is 101 Å². The highest BCUT2D eigenvalue weighted by atomic mass is 19.1. The van der Waals surface area contributed by atoms with Crippen LogP contribution in [0.2, 0.25) is 0 Å². The van der Waals surface area contributed by atoms with Gasteiger partial charge in [-0.25, -0.2) is 4.39 Å². The van der Waals surface area contributed by atoms with Gasteiger partial charge in [-0.05, 0) is 29.3 Å². The Kier molecular flexibility index (Phi) is 5.09. The monoisotopic (exact) mass is 335 g/mol. The molecule has 3 nitrogen and oxygen atoms in total. The number of ether oxygens (including phenoxy) is 1. The summed E-state index contributed by atoms with van der Waals surface area (Å²) in [5.41, 5.74) is 2.05. The van der Waals surface area contributed by atoms with Crippen molar-refractivity contribution in [1.29, 1.82) is 0 Å². The van der Waals surface area contributed by atoms with Crippen LogP contribution in [0.5, 0.6) is 5.75 Å². The van der Waals surface area contributed by atoms with Crippen LogP contribution in [0.3, 0.4) is 0 Å². The first kappa shape index (κ1) is 16.7. The van der Waals surface area contributed by atoms with Crippen LogP contribution < -0.4 is 10.1 Å². The van der Waals surface area contributed by atoms with Crippen LogP contribution >= 0.6 is 0 Å². The Morgan fingerprint density at radius 2 is 1.48 bits per heavy atom. The zero-order valence-corrected chi connectivity index (χ0v) is 13.8. The van der Waals surface area contributed by atoms with Gasteiger partial charge in [0.15, 0.2) is 0 Å². The highest BCUT2D eigenvalue weighted by molar-refractivity contribution is 5.97. The molecule has 0 aliphatic carbocycles. The van der Waals surface area contributed by atoms with Gasteiger partial charge < -0.3 is 10.1 Å². The molecule has 0 unspecified atom stereocenters. The van der Waals surface area contributed by atoms with Crippen LogP contribution in [0.4, 0.5) is 4.39 Å². The predicted molar refractivity (Wildman–Crippen MR) is 95.1 cm³/mol. The van der Waals surface area contributed by atoms with Crippen LogP contribution in [0, 0.1) is 5.82 Å². The average molecular weight is 335 g/mol. The molecule has 0 fully saturated rings. The summed E-state index contributed by atoms with van der Waals surface area (Å²) in [6.45, 7) is 0. The standard InChI is InChI=1S/C21H18FNO2/c1-25-19-13-12-17(22)14-18(19)21(24)23-20(15-8-4-2-5-9-15)16-10-6-3-7-11-16/h2-14,20H,1H3,(H,23,24). The van der Waals surface area contributed by atoms with Crippen LogP contribution in [0.1, 0.15) is 27.5 Å². The van der Waals surface area contributed by atoms with E-state index in [-0.39, 0.29) is 11.6 Å². The van der Waals surface area contributed by atoms with E-state index in [1.54, 1.807) is 0 Å². The second-order valence-corrected chi connectivity index (χ2v) is 5.57. The molecule has 25 heavy (non-hydrogen) atoms. The number of halogens is 1. The maximum atomic E-state index is 13.6. The number of hydrogen-bond donors (Lipinski definition) is 1. The summed E-state index contributed by atoms with van der Waals surface area (Å²) < 4.78 is 18.8. The number of methoxy groups -OCH3 is 1. The smallest absolute Gasteiger partial charge is 0.255 e. The Balaban J connectivity index is 1.96. The molecule has 4 heteroatoms. The SMILES string of the molecule is COc1ccc(F)cc1C(=O)NC(c1ccccc1)c1ccccc1. The largest absolute Gasteiger partial charge is 0.496 e. The fourth-order valence-electron chi connectivity index (χ4n) is 2.72. The summed E-state index contributed by atoms with van der Waals surface area (Å²) in [6.07, 6.45) is 0. The van der Waals surface area contributed by atoms with Crippen molar-refractivity contribution >= 4 is 5.91 Å². The third-order valence-electron chi connectivity index (χ3n) is 3.95. The number of benzene rings is 3. The molecule has 0 spiro atoms. The third-order valence-corrected chi connectivity index (χ3v) is 3.95. The summed E-state index contributed by atoms with van der Waals surface area (Å²) in [4.78, 5) is 12.8. The lowest BCUT2D eigenvalue weighted by Gasteiger charge is -2.20. The molecule has 1 amide bonds. The van der Waals surface area contributed by atoms with Crippen LogP contribution in [0.25, 0.3) is 0 Å². The highest BCUT2D eigenvalue weighted by Crippen LogP contribution is 2.25. The van der Waals surface area contributed by atoms with E-state index in [2.05, 4.69) is 5.32 Å². The molecule has 0 atom stereocenters. The minimum Gasteiger partial charge on any atom is -0.496 e. The first-order valence-electron chi connectivity index (χ1n) is 7.93. The topological polar surface area (TPSA) is 38.3 Å². The van der Waals surface area contributed by atoms with E-state index in [0.717, 1.165) is 11.1 Å². The van der Waals surface area contributed by atoms with Crippen molar-refractivity contribution in [2.24, 2.45) is 0 Å². The van der Waals surface area contributed by atoms with E-state index in [4.69, 9.17) is 4.74 Å². The van der Waals surface area contributed by atoms with Crippen molar-refractivity contribution in [1.82, 2.24) is 5.32 Å². The van der Waals surface area contributed by atoms with Gasteiger partial charge in [0.05, 0.1) is 18.7 Å². The maximum Gasteiger partial charge on any atom is 0.255 e. The summed E-state index contributed by atoms with van der Waals surface area (Å²) in [6, 6.07) is 22.8. The number of carbonyl (C=O) groups is 1. The molecule has 0 aliphatic heterocycles. The van der Waals surface area contributed by atoms with Crippen LogP contribution in [-0.4, -0.2) is 13.0 Å². The Morgan fingerprint density at radius 1 is 0.920 bits per heavy atom. The zero-order valence-electron chi connectivity index (χ0n) is 13.8. The van der Waals surface area contributed by atoms with Crippen molar-refractivity contribution < 1.29 is 13.9 Å². The van der Waals surface area contributed by atoms with Gasteiger partial charge in [0.2, 0.25) is 0 Å².